The van der Waals surface area contributed by atoms with E-state index in [2.05, 4.69) is 48.7 Å². The number of hydrogen-bond acceptors (Lipinski definition) is 3. The summed E-state index contributed by atoms with van der Waals surface area (Å²) in [5.74, 6) is 0. The lowest BCUT2D eigenvalue weighted by Gasteiger charge is -2.14. The summed E-state index contributed by atoms with van der Waals surface area (Å²) in [6.07, 6.45) is 2.04. The average molecular weight is 295 g/mol. The van der Waals surface area contributed by atoms with Crippen LogP contribution in [0.2, 0.25) is 0 Å². The van der Waals surface area contributed by atoms with E-state index in [0.717, 1.165) is 15.8 Å². The van der Waals surface area contributed by atoms with Crippen molar-refractivity contribution in [3.05, 3.63) is 52.9 Å². The molecule has 1 aromatic heterocycles. The van der Waals surface area contributed by atoms with E-state index in [1.54, 1.807) is 23.1 Å². The summed E-state index contributed by atoms with van der Waals surface area (Å²) in [5.41, 5.74) is 4.50. The Morgan fingerprint density at radius 3 is 2.55 bits per heavy atom. The second-order valence-electron chi connectivity index (χ2n) is 4.55. The lowest BCUT2D eigenvalue weighted by Crippen LogP contribution is -1.92. The van der Waals surface area contributed by atoms with E-state index >= 15 is 0 Å². The molecule has 0 N–H and O–H groups in total. The highest BCUT2D eigenvalue weighted by Gasteiger charge is 2.18. The number of rotatable bonds is 2. The van der Waals surface area contributed by atoms with Crippen molar-refractivity contribution in [2.75, 3.05) is 6.26 Å². The van der Waals surface area contributed by atoms with E-state index < -0.39 is 0 Å². The zero-order valence-electron chi connectivity index (χ0n) is 11.3. The Bertz CT molecular complexity index is 810. The highest BCUT2D eigenvalue weighted by molar-refractivity contribution is 7.98. The minimum Gasteiger partial charge on any atom is -0.192 e. The molecule has 3 rings (SSSR count). The van der Waals surface area contributed by atoms with Gasteiger partial charge >= 0.3 is 0 Å². The molecule has 0 aliphatic heterocycles. The minimum atomic E-state index is 0.811. The van der Waals surface area contributed by atoms with E-state index in [0.29, 0.717) is 0 Å². The van der Waals surface area contributed by atoms with Crippen molar-refractivity contribution in [1.82, 2.24) is 0 Å². The SMILES string of the molecule is CSc1c(C)c(-c2ccccc2)c2sccc2c1C#N. The molecule has 0 bridgehead atoms. The zero-order valence-corrected chi connectivity index (χ0v) is 12.9. The molecule has 1 nitrogen and oxygen atoms in total. The number of fused-ring (bicyclic) bond motifs is 1. The van der Waals surface area contributed by atoms with Crippen LogP contribution in [0.15, 0.2) is 46.7 Å². The molecule has 3 aromatic rings. The van der Waals surface area contributed by atoms with Gasteiger partial charge in [0.15, 0.2) is 0 Å². The van der Waals surface area contributed by atoms with Crippen molar-refractivity contribution >= 4 is 33.2 Å². The second-order valence-corrected chi connectivity index (χ2v) is 6.28. The highest BCUT2D eigenvalue weighted by atomic mass is 32.2. The lowest BCUT2D eigenvalue weighted by atomic mass is 9.96. The van der Waals surface area contributed by atoms with Crippen LogP contribution in [0.4, 0.5) is 0 Å². The normalized spacial score (nSPS) is 10.7. The Hall–Kier alpha value is -1.76. The predicted molar refractivity (Wildman–Crippen MR) is 88.5 cm³/mol. The molecule has 20 heavy (non-hydrogen) atoms. The minimum absolute atomic E-state index is 0.811. The third-order valence-electron chi connectivity index (χ3n) is 3.48. The molecule has 2 aromatic carbocycles. The summed E-state index contributed by atoms with van der Waals surface area (Å²) >= 11 is 3.37. The van der Waals surface area contributed by atoms with Gasteiger partial charge in [-0.3, -0.25) is 0 Å². The Morgan fingerprint density at radius 2 is 1.90 bits per heavy atom. The van der Waals surface area contributed by atoms with Crippen LogP contribution in [-0.4, -0.2) is 6.26 Å². The Balaban J connectivity index is 2.47. The zero-order chi connectivity index (χ0) is 14.1. The van der Waals surface area contributed by atoms with Crippen LogP contribution < -0.4 is 0 Å². The van der Waals surface area contributed by atoms with Crippen molar-refractivity contribution < 1.29 is 0 Å². The largest absolute Gasteiger partial charge is 0.192 e. The predicted octanol–water partition coefficient (Wildman–Crippen LogP) is 5.47. The summed E-state index contributed by atoms with van der Waals surface area (Å²) in [6.45, 7) is 2.12. The molecule has 1 heterocycles. The monoisotopic (exact) mass is 295 g/mol. The third-order valence-corrected chi connectivity index (χ3v) is 5.33. The van der Waals surface area contributed by atoms with Gasteiger partial charge in [0, 0.05) is 20.5 Å². The van der Waals surface area contributed by atoms with Crippen LogP contribution in [0.3, 0.4) is 0 Å². The molecule has 0 amide bonds. The molecule has 0 fully saturated rings. The van der Waals surface area contributed by atoms with Crippen molar-refractivity contribution in [2.45, 2.75) is 11.8 Å². The number of thiophene rings is 1. The average Bonchev–Trinajstić information content (AvgIpc) is 2.95. The highest BCUT2D eigenvalue weighted by Crippen LogP contribution is 2.42. The van der Waals surface area contributed by atoms with Gasteiger partial charge in [-0.25, -0.2) is 0 Å². The van der Waals surface area contributed by atoms with Gasteiger partial charge in [0.1, 0.15) is 6.07 Å². The van der Waals surface area contributed by atoms with E-state index in [-0.39, 0.29) is 0 Å². The van der Waals surface area contributed by atoms with Crippen LogP contribution in [-0.2, 0) is 0 Å². The molecule has 0 unspecified atom stereocenters. The Morgan fingerprint density at radius 1 is 1.15 bits per heavy atom. The first-order chi connectivity index (χ1) is 9.77. The molecule has 0 saturated heterocycles. The van der Waals surface area contributed by atoms with Crippen LogP contribution >= 0.6 is 23.1 Å². The second kappa shape index (κ2) is 5.32. The fourth-order valence-electron chi connectivity index (χ4n) is 2.61. The number of nitriles is 1. The number of benzene rings is 2. The number of thioether (sulfide) groups is 1. The molecule has 0 aliphatic carbocycles. The van der Waals surface area contributed by atoms with E-state index in [9.17, 15) is 5.26 Å². The van der Waals surface area contributed by atoms with Crippen molar-refractivity contribution in [2.24, 2.45) is 0 Å². The Labute approximate surface area is 126 Å². The maximum absolute atomic E-state index is 9.49. The van der Waals surface area contributed by atoms with Crippen LogP contribution in [0.25, 0.3) is 21.2 Å². The van der Waals surface area contributed by atoms with Gasteiger partial charge < -0.3 is 0 Å². The van der Waals surface area contributed by atoms with E-state index in [1.165, 1.54) is 21.4 Å². The molecule has 0 atom stereocenters. The molecule has 3 heteroatoms. The molecular formula is C17H13NS2. The van der Waals surface area contributed by atoms with Gasteiger partial charge in [-0.1, -0.05) is 30.3 Å². The third kappa shape index (κ3) is 1.93. The molecule has 0 aliphatic rings. The summed E-state index contributed by atoms with van der Waals surface area (Å²) in [4.78, 5) is 1.09. The van der Waals surface area contributed by atoms with Gasteiger partial charge in [-0.2, -0.15) is 5.26 Å². The summed E-state index contributed by atoms with van der Waals surface area (Å²) in [5, 5.41) is 12.6. The van der Waals surface area contributed by atoms with Crippen LogP contribution in [0, 0.1) is 18.3 Å². The van der Waals surface area contributed by atoms with Crippen molar-refractivity contribution in [1.29, 1.82) is 5.26 Å². The number of nitrogens with zero attached hydrogens (tertiary/aromatic N) is 1. The summed E-state index contributed by atoms with van der Waals surface area (Å²) in [7, 11) is 0. The summed E-state index contributed by atoms with van der Waals surface area (Å²) in [6, 6.07) is 14.9. The first kappa shape index (κ1) is 13.2. The summed E-state index contributed by atoms with van der Waals surface area (Å²) < 4.78 is 1.21. The molecule has 98 valence electrons. The van der Waals surface area contributed by atoms with Gasteiger partial charge in [0.2, 0.25) is 0 Å². The van der Waals surface area contributed by atoms with Crippen LogP contribution in [0.1, 0.15) is 11.1 Å². The number of hydrogen-bond donors (Lipinski definition) is 0. The standard InChI is InChI=1S/C17H13NS2/c1-11-15(12-6-4-3-5-7-12)17-13(8-9-20-17)14(10-18)16(11)19-2/h3-9H,1-2H3. The maximum Gasteiger partial charge on any atom is 0.101 e. The van der Waals surface area contributed by atoms with Gasteiger partial charge in [0.25, 0.3) is 0 Å². The van der Waals surface area contributed by atoms with E-state index in [4.69, 9.17) is 0 Å². The Kier molecular flexibility index (Phi) is 3.52. The first-order valence-electron chi connectivity index (χ1n) is 6.31. The van der Waals surface area contributed by atoms with Gasteiger partial charge in [-0.15, -0.1) is 23.1 Å². The fraction of sp³-hybridized carbons (Fsp3) is 0.118. The van der Waals surface area contributed by atoms with Crippen LogP contribution in [0.5, 0.6) is 0 Å². The molecule has 0 saturated carbocycles. The lowest BCUT2D eigenvalue weighted by molar-refractivity contribution is 1.30. The molecular weight excluding hydrogens is 282 g/mol. The topological polar surface area (TPSA) is 23.8 Å². The quantitative estimate of drug-likeness (QED) is 0.585. The van der Waals surface area contributed by atoms with Gasteiger partial charge in [-0.05, 0) is 35.8 Å². The first-order valence-corrected chi connectivity index (χ1v) is 8.41. The van der Waals surface area contributed by atoms with Crippen molar-refractivity contribution in [3.8, 4) is 17.2 Å². The molecule has 0 spiro atoms. The maximum atomic E-state index is 9.49. The smallest absolute Gasteiger partial charge is 0.101 e. The fourth-order valence-corrected chi connectivity index (χ4v) is 4.41. The van der Waals surface area contributed by atoms with Crippen molar-refractivity contribution in [3.63, 3.8) is 0 Å². The van der Waals surface area contributed by atoms with Gasteiger partial charge in [0.05, 0.1) is 5.56 Å². The molecule has 0 radical (unpaired) electrons. The van der Waals surface area contributed by atoms with E-state index in [1.807, 2.05) is 12.3 Å².